The Kier molecular flexibility index (Phi) is 6.54. The largest absolute Gasteiger partial charge is 0.349 e. The Hall–Kier alpha value is -2.15. The molecule has 2 rings (SSSR count). The van der Waals surface area contributed by atoms with E-state index in [1.807, 2.05) is 0 Å². The Morgan fingerprint density at radius 3 is 2.62 bits per heavy atom. The molecule has 0 spiro atoms. The van der Waals surface area contributed by atoms with Gasteiger partial charge in [-0.15, -0.1) is 0 Å². The van der Waals surface area contributed by atoms with Crippen LogP contribution in [0.3, 0.4) is 0 Å². The van der Waals surface area contributed by atoms with Gasteiger partial charge in [-0.3, -0.25) is 4.79 Å². The van der Waals surface area contributed by atoms with Crippen molar-refractivity contribution in [2.24, 2.45) is 0 Å². The van der Waals surface area contributed by atoms with E-state index in [9.17, 15) is 14.0 Å². The molecule has 1 aromatic rings. The highest BCUT2D eigenvalue weighted by Gasteiger charge is 2.21. The first-order chi connectivity index (χ1) is 11.4. The average molecular weight is 336 g/mol. The van der Waals surface area contributed by atoms with E-state index in [-0.39, 0.29) is 23.8 Å². The zero-order chi connectivity index (χ0) is 17.5. The predicted octanol–water partition coefficient (Wildman–Crippen LogP) is 1.89. The van der Waals surface area contributed by atoms with Gasteiger partial charge in [-0.05, 0) is 31.0 Å². The third-order valence-electron chi connectivity index (χ3n) is 4.15. The molecule has 3 amide bonds. The standard InChI is InChI=1S/C17H25FN4O2/c1-21(2)16(23)8-11-22-9-6-14(7-10-22)19-17(24)20-15-5-3-4-13(18)12-15/h3-5,12,14H,6-11H2,1-2H3,(H2,19,20,24). The molecule has 0 radical (unpaired) electrons. The van der Waals surface area contributed by atoms with Gasteiger partial charge >= 0.3 is 6.03 Å². The number of carbonyl (C=O) groups excluding carboxylic acids is 2. The van der Waals surface area contributed by atoms with Crippen LogP contribution in [0.2, 0.25) is 0 Å². The summed E-state index contributed by atoms with van der Waals surface area (Å²) in [5.74, 6) is -0.252. The molecule has 1 aromatic carbocycles. The minimum absolute atomic E-state index is 0.0966. The third kappa shape index (κ3) is 5.81. The highest BCUT2D eigenvalue weighted by Crippen LogP contribution is 2.12. The van der Waals surface area contributed by atoms with Crippen molar-refractivity contribution in [1.29, 1.82) is 0 Å². The van der Waals surface area contributed by atoms with E-state index in [0.717, 1.165) is 32.5 Å². The molecular weight excluding hydrogens is 311 g/mol. The number of halogens is 1. The number of amides is 3. The van der Waals surface area contributed by atoms with Crippen LogP contribution in [0.4, 0.5) is 14.9 Å². The summed E-state index contributed by atoms with van der Waals surface area (Å²) in [4.78, 5) is 27.4. The van der Waals surface area contributed by atoms with E-state index >= 15 is 0 Å². The molecule has 7 heteroatoms. The van der Waals surface area contributed by atoms with E-state index in [0.29, 0.717) is 12.1 Å². The lowest BCUT2D eigenvalue weighted by atomic mass is 10.1. The average Bonchev–Trinajstić information content (AvgIpc) is 2.53. The summed E-state index contributed by atoms with van der Waals surface area (Å²) in [5, 5.41) is 5.56. The van der Waals surface area contributed by atoms with Gasteiger partial charge in [0.25, 0.3) is 0 Å². The molecule has 1 aliphatic rings. The molecule has 132 valence electrons. The maximum Gasteiger partial charge on any atom is 0.319 e. The lowest BCUT2D eigenvalue weighted by Crippen LogP contribution is -2.46. The van der Waals surface area contributed by atoms with E-state index < -0.39 is 0 Å². The second-order valence-corrected chi connectivity index (χ2v) is 6.26. The summed E-state index contributed by atoms with van der Waals surface area (Å²) < 4.78 is 13.1. The van der Waals surface area contributed by atoms with Crippen LogP contribution in [0.5, 0.6) is 0 Å². The quantitative estimate of drug-likeness (QED) is 0.863. The van der Waals surface area contributed by atoms with E-state index in [2.05, 4.69) is 15.5 Å². The van der Waals surface area contributed by atoms with E-state index in [4.69, 9.17) is 0 Å². The molecule has 1 fully saturated rings. The number of benzene rings is 1. The van der Waals surface area contributed by atoms with Gasteiger partial charge in [-0.1, -0.05) is 6.07 Å². The minimum Gasteiger partial charge on any atom is -0.349 e. The van der Waals surface area contributed by atoms with Crippen molar-refractivity contribution >= 4 is 17.6 Å². The third-order valence-corrected chi connectivity index (χ3v) is 4.15. The second kappa shape index (κ2) is 8.63. The van der Waals surface area contributed by atoms with Crippen LogP contribution in [0, 0.1) is 5.82 Å². The van der Waals surface area contributed by atoms with Gasteiger partial charge in [0.2, 0.25) is 5.91 Å². The molecule has 2 N–H and O–H groups in total. The fourth-order valence-corrected chi connectivity index (χ4v) is 2.70. The lowest BCUT2D eigenvalue weighted by Gasteiger charge is -2.32. The molecule has 1 aliphatic heterocycles. The van der Waals surface area contributed by atoms with Gasteiger partial charge in [0.1, 0.15) is 5.82 Å². The summed E-state index contributed by atoms with van der Waals surface area (Å²) in [6.45, 7) is 2.45. The SMILES string of the molecule is CN(C)C(=O)CCN1CCC(NC(=O)Nc2cccc(F)c2)CC1. The topological polar surface area (TPSA) is 64.7 Å². The van der Waals surface area contributed by atoms with Gasteiger partial charge in [-0.25, -0.2) is 9.18 Å². The Morgan fingerprint density at radius 2 is 2.00 bits per heavy atom. The normalized spacial score (nSPS) is 15.8. The lowest BCUT2D eigenvalue weighted by molar-refractivity contribution is -0.129. The second-order valence-electron chi connectivity index (χ2n) is 6.26. The van der Waals surface area contributed by atoms with Crippen molar-refractivity contribution in [3.8, 4) is 0 Å². The summed E-state index contributed by atoms with van der Waals surface area (Å²) in [5.41, 5.74) is 0.437. The van der Waals surface area contributed by atoms with Crippen molar-refractivity contribution in [3.05, 3.63) is 30.1 Å². The molecule has 0 bridgehead atoms. The minimum atomic E-state index is -0.381. The Morgan fingerprint density at radius 1 is 1.29 bits per heavy atom. The molecular formula is C17H25FN4O2. The monoisotopic (exact) mass is 336 g/mol. The van der Waals surface area contributed by atoms with Crippen LogP contribution in [-0.2, 0) is 4.79 Å². The molecule has 0 aromatic heterocycles. The van der Waals surface area contributed by atoms with Crippen LogP contribution in [0.25, 0.3) is 0 Å². The van der Waals surface area contributed by atoms with E-state index in [1.54, 1.807) is 31.1 Å². The maximum absolute atomic E-state index is 13.1. The maximum atomic E-state index is 13.1. The van der Waals surface area contributed by atoms with Crippen molar-refractivity contribution in [3.63, 3.8) is 0 Å². The Bertz CT molecular complexity index is 571. The molecule has 0 saturated carbocycles. The highest BCUT2D eigenvalue weighted by atomic mass is 19.1. The number of anilines is 1. The van der Waals surface area contributed by atoms with Gasteiger partial charge in [-0.2, -0.15) is 0 Å². The van der Waals surface area contributed by atoms with Gasteiger partial charge < -0.3 is 20.4 Å². The van der Waals surface area contributed by atoms with Crippen molar-refractivity contribution in [2.75, 3.05) is 39.0 Å². The first-order valence-corrected chi connectivity index (χ1v) is 8.19. The molecule has 0 atom stereocenters. The summed E-state index contributed by atoms with van der Waals surface area (Å²) >= 11 is 0. The number of nitrogens with zero attached hydrogens (tertiary/aromatic N) is 2. The predicted molar refractivity (Wildman–Crippen MR) is 91.3 cm³/mol. The van der Waals surface area contributed by atoms with Crippen LogP contribution in [-0.4, -0.2) is 61.5 Å². The van der Waals surface area contributed by atoms with E-state index in [1.165, 1.54) is 12.1 Å². The van der Waals surface area contributed by atoms with Crippen molar-refractivity contribution in [2.45, 2.75) is 25.3 Å². The fourth-order valence-electron chi connectivity index (χ4n) is 2.70. The molecule has 24 heavy (non-hydrogen) atoms. The first kappa shape index (κ1) is 18.2. The van der Waals surface area contributed by atoms with Crippen molar-refractivity contribution in [1.82, 2.24) is 15.1 Å². The number of hydrogen-bond donors (Lipinski definition) is 2. The number of urea groups is 1. The summed E-state index contributed by atoms with van der Waals surface area (Å²) in [7, 11) is 3.52. The molecule has 6 nitrogen and oxygen atoms in total. The number of nitrogens with one attached hydrogen (secondary N) is 2. The van der Waals surface area contributed by atoms with Crippen molar-refractivity contribution < 1.29 is 14.0 Å². The van der Waals surface area contributed by atoms with Crippen LogP contribution in [0.15, 0.2) is 24.3 Å². The highest BCUT2D eigenvalue weighted by molar-refractivity contribution is 5.89. The number of rotatable bonds is 5. The van der Waals surface area contributed by atoms with Gasteiger partial charge in [0, 0.05) is 51.9 Å². The van der Waals surface area contributed by atoms with Gasteiger partial charge in [0.05, 0.1) is 0 Å². The summed E-state index contributed by atoms with van der Waals surface area (Å²) in [6, 6.07) is 5.59. The number of piperidine rings is 1. The zero-order valence-corrected chi connectivity index (χ0v) is 14.2. The molecule has 1 heterocycles. The number of hydrogen-bond acceptors (Lipinski definition) is 3. The first-order valence-electron chi connectivity index (χ1n) is 8.19. The van der Waals surface area contributed by atoms with Crippen LogP contribution in [0.1, 0.15) is 19.3 Å². The Labute approximate surface area is 142 Å². The number of carbonyl (C=O) groups is 2. The number of likely N-dealkylation sites (tertiary alicyclic amines) is 1. The zero-order valence-electron chi connectivity index (χ0n) is 14.2. The molecule has 1 saturated heterocycles. The van der Waals surface area contributed by atoms with Crippen LogP contribution < -0.4 is 10.6 Å². The molecule has 0 aliphatic carbocycles. The van der Waals surface area contributed by atoms with Gasteiger partial charge in [0.15, 0.2) is 0 Å². The van der Waals surface area contributed by atoms with Crippen LogP contribution >= 0.6 is 0 Å². The smallest absolute Gasteiger partial charge is 0.319 e. The fraction of sp³-hybridized carbons (Fsp3) is 0.529. The Balaban J connectivity index is 1.69. The summed E-state index contributed by atoms with van der Waals surface area (Å²) in [6.07, 6.45) is 2.20. The molecule has 0 unspecified atom stereocenters.